The van der Waals surface area contributed by atoms with Gasteiger partial charge in [-0.2, -0.15) is 0 Å². The molecule has 5 nitrogen and oxygen atoms in total. The van der Waals surface area contributed by atoms with Gasteiger partial charge in [0.1, 0.15) is 5.82 Å². The molecule has 1 heterocycles. The number of aliphatic hydroxyl groups is 1. The highest BCUT2D eigenvalue weighted by Gasteiger charge is 2.15. The summed E-state index contributed by atoms with van der Waals surface area (Å²) in [7, 11) is 0. The Morgan fingerprint density at radius 3 is 2.58 bits per heavy atom. The maximum absolute atomic E-state index is 11.2. The topological polar surface area (TPSA) is 73.7 Å². The molecule has 0 fully saturated rings. The number of nitrogens with zero attached hydrogens (tertiary/aromatic N) is 2. The number of rotatable bonds is 5. The van der Waals surface area contributed by atoms with Crippen molar-refractivity contribution in [3.63, 3.8) is 0 Å². The molecule has 19 heavy (non-hydrogen) atoms. The lowest BCUT2D eigenvalue weighted by Crippen LogP contribution is -2.27. The van der Waals surface area contributed by atoms with Gasteiger partial charge in [0.2, 0.25) is 0 Å². The quantitative estimate of drug-likeness (QED) is 0.856. The Kier molecular flexibility index (Phi) is 3.97. The van der Waals surface area contributed by atoms with Gasteiger partial charge in [-0.1, -0.05) is 24.3 Å². The van der Waals surface area contributed by atoms with Crippen molar-refractivity contribution in [2.75, 3.05) is 24.6 Å². The van der Waals surface area contributed by atoms with Crippen molar-refractivity contribution < 1.29 is 15.0 Å². The van der Waals surface area contributed by atoms with Gasteiger partial charge >= 0.3 is 5.97 Å². The summed E-state index contributed by atoms with van der Waals surface area (Å²) in [5.74, 6) is -0.280. The molecule has 0 unspecified atom stereocenters. The van der Waals surface area contributed by atoms with E-state index in [-0.39, 0.29) is 12.2 Å². The van der Waals surface area contributed by atoms with Crippen LogP contribution in [0.5, 0.6) is 0 Å². The molecule has 0 spiro atoms. The summed E-state index contributed by atoms with van der Waals surface area (Å²) in [6.07, 6.45) is 1.38. The zero-order chi connectivity index (χ0) is 13.8. The fourth-order valence-corrected chi connectivity index (χ4v) is 2.13. The fraction of sp³-hybridized carbons (Fsp3) is 0.286. The third-order valence-corrected chi connectivity index (χ3v) is 3.06. The first kappa shape index (κ1) is 13.3. The SMILES string of the molecule is CCN(CCO)c1ncc(C(=O)O)c2ccccc12. The van der Waals surface area contributed by atoms with Crippen LogP contribution < -0.4 is 4.90 Å². The van der Waals surface area contributed by atoms with Gasteiger partial charge in [0.15, 0.2) is 0 Å². The summed E-state index contributed by atoms with van der Waals surface area (Å²) < 4.78 is 0. The molecule has 0 aliphatic heterocycles. The molecule has 0 radical (unpaired) electrons. The predicted molar refractivity (Wildman–Crippen MR) is 73.7 cm³/mol. The number of carbonyl (C=O) groups is 1. The summed E-state index contributed by atoms with van der Waals surface area (Å²) in [5.41, 5.74) is 0.194. The molecule has 2 N–H and O–H groups in total. The highest BCUT2D eigenvalue weighted by Crippen LogP contribution is 2.27. The van der Waals surface area contributed by atoms with Crippen molar-refractivity contribution in [1.29, 1.82) is 0 Å². The molecule has 0 aliphatic rings. The van der Waals surface area contributed by atoms with E-state index in [0.29, 0.717) is 24.3 Å². The molecule has 2 rings (SSSR count). The number of anilines is 1. The van der Waals surface area contributed by atoms with Gasteiger partial charge < -0.3 is 15.1 Å². The smallest absolute Gasteiger partial charge is 0.337 e. The second kappa shape index (κ2) is 5.67. The zero-order valence-corrected chi connectivity index (χ0v) is 10.7. The lowest BCUT2D eigenvalue weighted by molar-refractivity contribution is 0.0698. The second-order valence-electron chi connectivity index (χ2n) is 4.15. The number of carboxylic acid groups (broad SMARTS) is 1. The molecule has 1 aromatic carbocycles. The lowest BCUT2D eigenvalue weighted by Gasteiger charge is -2.22. The van der Waals surface area contributed by atoms with Crippen LogP contribution in [0.1, 0.15) is 17.3 Å². The summed E-state index contributed by atoms with van der Waals surface area (Å²) in [6, 6.07) is 7.29. The van der Waals surface area contributed by atoms with Gasteiger partial charge in [0, 0.05) is 30.1 Å². The van der Waals surface area contributed by atoms with Crippen LogP contribution in [0, 0.1) is 0 Å². The van der Waals surface area contributed by atoms with Crippen LogP contribution in [-0.4, -0.2) is 40.9 Å². The van der Waals surface area contributed by atoms with Gasteiger partial charge in [-0.25, -0.2) is 9.78 Å². The highest BCUT2D eigenvalue weighted by molar-refractivity contribution is 6.06. The molecule has 5 heteroatoms. The molecular formula is C14H16N2O3. The van der Waals surface area contributed by atoms with Crippen molar-refractivity contribution in [2.24, 2.45) is 0 Å². The average Bonchev–Trinajstić information content (AvgIpc) is 2.43. The van der Waals surface area contributed by atoms with E-state index in [1.807, 2.05) is 24.0 Å². The van der Waals surface area contributed by atoms with Gasteiger partial charge in [-0.15, -0.1) is 0 Å². The largest absolute Gasteiger partial charge is 0.478 e. The molecule has 0 aliphatic carbocycles. The van der Waals surface area contributed by atoms with E-state index in [9.17, 15) is 9.90 Å². The monoisotopic (exact) mass is 260 g/mol. The minimum Gasteiger partial charge on any atom is -0.478 e. The number of benzene rings is 1. The standard InChI is InChI=1S/C14H16N2O3/c1-2-16(7-8-17)13-11-6-4-3-5-10(11)12(9-15-13)14(18)19/h3-6,9,17H,2,7-8H2,1H3,(H,18,19). The van der Waals surface area contributed by atoms with Gasteiger partial charge in [-0.3, -0.25) is 0 Å². The summed E-state index contributed by atoms with van der Waals surface area (Å²) in [5, 5.41) is 19.7. The number of likely N-dealkylation sites (N-methyl/N-ethyl adjacent to an activating group) is 1. The molecule has 0 saturated heterocycles. The molecular weight excluding hydrogens is 244 g/mol. The second-order valence-corrected chi connectivity index (χ2v) is 4.15. The summed E-state index contributed by atoms with van der Waals surface area (Å²) in [4.78, 5) is 17.4. The Labute approximate surface area is 111 Å². The van der Waals surface area contributed by atoms with E-state index < -0.39 is 5.97 Å². The van der Waals surface area contributed by atoms with E-state index in [4.69, 9.17) is 5.11 Å². The van der Waals surface area contributed by atoms with Gasteiger partial charge in [0.25, 0.3) is 0 Å². The van der Waals surface area contributed by atoms with E-state index in [1.165, 1.54) is 6.20 Å². The Morgan fingerprint density at radius 1 is 1.32 bits per heavy atom. The number of aliphatic hydroxyl groups excluding tert-OH is 1. The Morgan fingerprint density at radius 2 is 2.00 bits per heavy atom. The molecule has 100 valence electrons. The Hall–Kier alpha value is -2.14. The zero-order valence-electron chi connectivity index (χ0n) is 10.7. The van der Waals surface area contributed by atoms with E-state index >= 15 is 0 Å². The number of hydrogen-bond donors (Lipinski definition) is 2. The van der Waals surface area contributed by atoms with Crippen molar-refractivity contribution in [2.45, 2.75) is 6.92 Å². The predicted octanol–water partition coefficient (Wildman–Crippen LogP) is 1.75. The summed E-state index contributed by atoms with van der Waals surface area (Å²) in [6.45, 7) is 3.17. The number of pyridine rings is 1. The number of aromatic carboxylic acids is 1. The third-order valence-electron chi connectivity index (χ3n) is 3.06. The van der Waals surface area contributed by atoms with Crippen LogP contribution in [0.4, 0.5) is 5.82 Å². The van der Waals surface area contributed by atoms with Crippen molar-refractivity contribution in [3.8, 4) is 0 Å². The first-order valence-electron chi connectivity index (χ1n) is 6.15. The Balaban J connectivity index is 2.64. The minimum absolute atomic E-state index is 0.0323. The van der Waals surface area contributed by atoms with Crippen molar-refractivity contribution in [1.82, 2.24) is 4.98 Å². The normalized spacial score (nSPS) is 10.6. The van der Waals surface area contributed by atoms with Gasteiger partial charge in [0.05, 0.1) is 12.2 Å². The maximum Gasteiger partial charge on any atom is 0.337 e. The maximum atomic E-state index is 11.2. The fourth-order valence-electron chi connectivity index (χ4n) is 2.13. The molecule has 0 atom stereocenters. The van der Waals surface area contributed by atoms with Crippen LogP contribution in [0.2, 0.25) is 0 Å². The highest BCUT2D eigenvalue weighted by atomic mass is 16.4. The molecule has 0 bridgehead atoms. The number of fused-ring (bicyclic) bond motifs is 1. The number of hydrogen-bond acceptors (Lipinski definition) is 4. The number of aromatic nitrogens is 1. The first-order valence-corrected chi connectivity index (χ1v) is 6.15. The van der Waals surface area contributed by atoms with E-state index in [0.717, 1.165) is 5.39 Å². The van der Waals surface area contributed by atoms with Crippen LogP contribution in [-0.2, 0) is 0 Å². The van der Waals surface area contributed by atoms with Crippen molar-refractivity contribution >= 4 is 22.6 Å². The van der Waals surface area contributed by atoms with Crippen molar-refractivity contribution in [3.05, 3.63) is 36.0 Å². The Bertz CT molecular complexity index is 598. The molecule has 0 saturated carbocycles. The van der Waals surface area contributed by atoms with Crippen LogP contribution in [0.25, 0.3) is 10.8 Å². The molecule has 0 amide bonds. The van der Waals surface area contributed by atoms with Crippen LogP contribution in [0.15, 0.2) is 30.5 Å². The van der Waals surface area contributed by atoms with Crippen LogP contribution >= 0.6 is 0 Å². The van der Waals surface area contributed by atoms with E-state index in [2.05, 4.69) is 4.98 Å². The lowest BCUT2D eigenvalue weighted by atomic mass is 10.1. The first-order chi connectivity index (χ1) is 9.19. The van der Waals surface area contributed by atoms with E-state index in [1.54, 1.807) is 12.1 Å². The van der Waals surface area contributed by atoms with Crippen LogP contribution in [0.3, 0.4) is 0 Å². The third kappa shape index (κ3) is 2.51. The average molecular weight is 260 g/mol. The number of carboxylic acids is 1. The van der Waals surface area contributed by atoms with Gasteiger partial charge in [-0.05, 0) is 6.92 Å². The molecule has 1 aromatic heterocycles. The molecule has 2 aromatic rings. The summed E-state index contributed by atoms with van der Waals surface area (Å²) >= 11 is 0. The minimum atomic E-state index is -0.986.